The Bertz CT molecular complexity index is 864. The molecule has 2 aromatic rings. The molecule has 1 atom stereocenters. The van der Waals surface area contributed by atoms with E-state index in [0.717, 1.165) is 5.56 Å². The minimum atomic E-state index is -0.766. The highest BCUT2D eigenvalue weighted by atomic mass is 19.1. The highest BCUT2D eigenvalue weighted by Crippen LogP contribution is 2.32. The molecule has 1 aliphatic rings. The van der Waals surface area contributed by atoms with Crippen LogP contribution in [-0.4, -0.2) is 24.0 Å². The van der Waals surface area contributed by atoms with Gasteiger partial charge in [0, 0.05) is 5.70 Å². The summed E-state index contributed by atoms with van der Waals surface area (Å²) in [5, 5.41) is 2.79. The lowest BCUT2D eigenvalue weighted by Gasteiger charge is -2.35. The summed E-state index contributed by atoms with van der Waals surface area (Å²) < 4.78 is 18.5. The second-order valence-corrected chi connectivity index (χ2v) is 6.00. The average molecular weight is 354 g/mol. The first kappa shape index (κ1) is 17.7. The van der Waals surface area contributed by atoms with Crippen molar-refractivity contribution in [2.24, 2.45) is 0 Å². The Morgan fingerprint density at radius 2 is 1.92 bits per heavy atom. The molecule has 2 amide bonds. The number of ether oxygens (including phenoxy) is 1. The Kier molecular flexibility index (Phi) is 5.02. The normalized spacial score (nSPS) is 17.1. The number of carbonyl (C=O) groups excluding carboxylic acids is 2. The molecule has 1 N–H and O–H groups in total. The number of halogens is 1. The molecule has 0 bridgehead atoms. The lowest BCUT2D eigenvalue weighted by molar-refractivity contribution is -0.136. The van der Waals surface area contributed by atoms with Gasteiger partial charge in [-0.15, -0.1) is 0 Å². The van der Waals surface area contributed by atoms with Crippen LogP contribution < -0.4 is 5.32 Å². The molecule has 1 heterocycles. The molecule has 6 heteroatoms. The molecule has 1 aliphatic heterocycles. The second-order valence-electron chi connectivity index (χ2n) is 6.00. The summed E-state index contributed by atoms with van der Waals surface area (Å²) >= 11 is 0. The maximum absolute atomic E-state index is 13.6. The van der Waals surface area contributed by atoms with E-state index >= 15 is 0 Å². The summed E-state index contributed by atoms with van der Waals surface area (Å²) in [6, 6.07) is 14.1. The van der Waals surface area contributed by atoms with Gasteiger partial charge in [0.2, 0.25) is 0 Å². The van der Waals surface area contributed by atoms with Crippen LogP contribution >= 0.6 is 0 Å². The Morgan fingerprint density at radius 1 is 1.19 bits per heavy atom. The fourth-order valence-electron chi connectivity index (χ4n) is 3.05. The van der Waals surface area contributed by atoms with Gasteiger partial charge < -0.3 is 10.1 Å². The van der Waals surface area contributed by atoms with Crippen molar-refractivity contribution in [2.75, 3.05) is 7.11 Å². The summed E-state index contributed by atoms with van der Waals surface area (Å²) in [5.74, 6) is -1.000. The highest BCUT2D eigenvalue weighted by Gasteiger charge is 2.36. The third kappa shape index (κ3) is 3.44. The van der Waals surface area contributed by atoms with Gasteiger partial charge >= 0.3 is 12.0 Å². The first-order valence-electron chi connectivity index (χ1n) is 8.17. The number of nitrogens with one attached hydrogen (secondary N) is 1. The highest BCUT2D eigenvalue weighted by molar-refractivity contribution is 5.95. The summed E-state index contributed by atoms with van der Waals surface area (Å²) in [6.45, 7) is 2.01. The fraction of sp³-hybridized carbons (Fsp3) is 0.200. The van der Waals surface area contributed by atoms with Gasteiger partial charge in [-0.2, -0.15) is 0 Å². The number of hydrogen-bond donors (Lipinski definition) is 1. The minimum Gasteiger partial charge on any atom is -0.466 e. The van der Waals surface area contributed by atoms with Crippen LogP contribution in [0, 0.1) is 5.82 Å². The van der Waals surface area contributed by atoms with Gasteiger partial charge in [0.25, 0.3) is 0 Å². The first-order valence-corrected chi connectivity index (χ1v) is 8.17. The number of esters is 1. The molecule has 0 aliphatic carbocycles. The molecule has 0 saturated heterocycles. The fourth-order valence-corrected chi connectivity index (χ4v) is 3.05. The van der Waals surface area contributed by atoms with Crippen LogP contribution in [0.5, 0.6) is 0 Å². The summed E-state index contributed by atoms with van der Waals surface area (Å²) in [7, 11) is 1.28. The largest absolute Gasteiger partial charge is 0.466 e. The van der Waals surface area contributed by atoms with Gasteiger partial charge in [-0.05, 0) is 30.2 Å². The van der Waals surface area contributed by atoms with Crippen LogP contribution in [0.15, 0.2) is 65.9 Å². The molecule has 0 unspecified atom stereocenters. The maximum Gasteiger partial charge on any atom is 0.337 e. The predicted molar refractivity (Wildman–Crippen MR) is 94.4 cm³/mol. The number of carbonyl (C=O) groups is 2. The molecule has 0 radical (unpaired) electrons. The van der Waals surface area contributed by atoms with Gasteiger partial charge in [-0.3, -0.25) is 4.90 Å². The van der Waals surface area contributed by atoms with Crippen molar-refractivity contribution in [3.05, 3.63) is 82.8 Å². The standard InChI is InChI=1S/C20H19FN2O3/c1-13-17(19(24)26-2)18(15-9-6-10-16(21)11-15)22-20(25)23(13)12-14-7-4-3-5-8-14/h3-11,18H,12H2,1-2H3,(H,22,25)/t18-/m0/s1. The lowest BCUT2D eigenvalue weighted by atomic mass is 9.94. The molecule has 0 fully saturated rings. The second kappa shape index (κ2) is 7.39. The smallest absolute Gasteiger partial charge is 0.337 e. The van der Waals surface area contributed by atoms with Crippen molar-refractivity contribution in [1.82, 2.24) is 10.2 Å². The monoisotopic (exact) mass is 354 g/mol. The number of rotatable bonds is 4. The Morgan fingerprint density at radius 3 is 2.58 bits per heavy atom. The summed E-state index contributed by atoms with van der Waals surface area (Å²) in [6.07, 6.45) is 0. The molecule has 0 saturated carbocycles. The number of allylic oxidation sites excluding steroid dienone is 1. The van der Waals surface area contributed by atoms with Crippen molar-refractivity contribution in [3.8, 4) is 0 Å². The van der Waals surface area contributed by atoms with E-state index in [9.17, 15) is 14.0 Å². The topological polar surface area (TPSA) is 58.6 Å². The first-order chi connectivity index (χ1) is 12.5. The van der Waals surface area contributed by atoms with Gasteiger partial charge in [0.05, 0.1) is 25.3 Å². The van der Waals surface area contributed by atoms with Crippen molar-refractivity contribution < 1.29 is 18.7 Å². The summed E-state index contributed by atoms with van der Waals surface area (Å²) in [4.78, 5) is 26.6. The van der Waals surface area contributed by atoms with Crippen LogP contribution in [0.2, 0.25) is 0 Å². The SMILES string of the molecule is COC(=O)C1=C(C)N(Cc2ccccc2)C(=O)N[C@H]1c1cccc(F)c1. The minimum absolute atomic E-state index is 0.286. The number of amides is 2. The van der Waals surface area contributed by atoms with E-state index in [4.69, 9.17) is 4.74 Å². The van der Waals surface area contributed by atoms with E-state index in [2.05, 4.69) is 5.32 Å². The van der Waals surface area contributed by atoms with Crippen molar-refractivity contribution in [1.29, 1.82) is 0 Å². The van der Waals surface area contributed by atoms with Crippen LogP contribution in [0.4, 0.5) is 9.18 Å². The van der Waals surface area contributed by atoms with E-state index in [1.54, 1.807) is 13.0 Å². The Labute approximate surface area is 151 Å². The molecule has 134 valence electrons. The Hall–Kier alpha value is -3.15. The van der Waals surface area contributed by atoms with Crippen LogP contribution in [0.25, 0.3) is 0 Å². The zero-order chi connectivity index (χ0) is 18.7. The quantitative estimate of drug-likeness (QED) is 0.855. The molecule has 3 rings (SSSR count). The lowest BCUT2D eigenvalue weighted by Crippen LogP contribution is -2.47. The van der Waals surface area contributed by atoms with Crippen LogP contribution in [0.1, 0.15) is 24.1 Å². The zero-order valence-corrected chi connectivity index (χ0v) is 14.5. The Balaban J connectivity index is 2.03. The van der Waals surface area contributed by atoms with E-state index in [0.29, 0.717) is 17.8 Å². The molecule has 26 heavy (non-hydrogen) atoms. The zero-order valence-electron chi connectivity index (χ0n) is 14.5. The summed E-state index contributed by atoms with van der Waals surface area (Å²) in [5.41, 5.74) is 2.18. The third-order valence-corrected chi connectivity index (χ3v) is 4.37. The van der Waals surface area contributed by atoms with Gasteiger partial charge in [-0.1, -0.05) is 42.5 Å². The van der Waals surface area contributed by atoms with E-state index in [1.165, 1.54) is 30.2 Å². The number of hydrogen-bond acceptors (Lipinski definition) is 3. The molecular weight excluding hydrogens is 335 g/mol. The van der Waals surface area contributed by atoms with E-state index in [1.807, 2.05) is 30.3 Å². The van der Waals surface area contributed by atoms with Crippen LogP contribution in [0.3, 0.4) is 0 Å². The molecular formula is C20H19FN2O3. The molecule has 0 spiro atoms. The molecule has 2 aromatic carbocycles. The number of nitrogens with zero attached hydrogens (tertiary/aromatic N) is 1. The van der Waals surface area contributed by atoms with Crippen molar-refractivity contribution in [2.45, 2.75) is 19.5 Å². The van der Waals surface area contributed by atoms with Gasteiger partial charge in [-0.25, -0.2) is 14.0 Å². The van der Waals surface area contributed by atoms with Gasteiger partial charge in [0.1, 0.15) is 5.82 Å². The maximum atomic E-state index is 13.6. The average Bonchev–Trinajstić information content (AvgIpc) is 2.65. The van der Waals surface area contributed by atoms with Crippen LogP contribution in [-0.2, 0) is 16.1 Å². The van der Waals surface area contributed by atoms with Crippen molar-refractivity contribution >= 4 is 12.0 Å². The van der Waals surface area contributed by atoms with Crippen molar-refractivity contribution in [3.63, 3.8) is 0 Å². The number of methoxy groups -OCH3 is 1. The third-order valence-electron chi connectivity index (χ3n) is 4.37. The number of benzene rings is 2. The van der Waals surface area contributed by atoms with E-state index in [-0.39, 0.29) is 11.6 Å². The molecule has 5 nitrogen and oxygen atoms in total. The number of urea groups is 1. The predicted octanol–water partition coefficient (Wildman–Crippen LogP) is 3.54. The van der Waals surface area contributed by atoms with Gasteiger partial charge in [0.15, 0.2) is 0 Å². The molecule has 0 aromatic heterocycles. The van der Waals surface area contributed by atoms with E-state index < -0.39 is 17.8 Å².